The molecule has 1 amide bonds. The first kappa shape index (κ1) is 27.4. The van der Waals surface area contributed by atoms with E-state index in [2.05, 4.69) is 21.5 Å². The molecule has 3 N–H and O–H groups in total. The molecule has 10 nitrogen and oxygen atoms in total. The predicted molar refractivity (Wildman–Crippen MR) is 131 cm³/mol. The predicted octanol–water partition coefficient (Wildman–Crippen LogP) is 3.51. The van der Waals surface area contributed by atoms with Crippen LogP contribution in [0.25, 0.3) is 0 Å². The summed E-state index contributed by atoms with van der Waals surface area (Å²) in [6.45, 7) is 9.10. The zero-order valence-electron chi connectivity index (χ0n) is 20.1. The summed E-state index contributed by atoms with van der Waals surface area (Å²) >= 11 is 0. The average molecular weight is 482 g/mol. The molecular formula is C25H31N5O5. The third-order valence-corrected chi connectivity index (χ3v) is 5.02. The molecule has 2 aromatic rings. The molecule has 35 heavy (non-hydrogen) atoms. The Labute approximate surface area is 204 Å². The van der Waals surface area contributed by atoms with Crippen molar-refractivity contribution in [2.45, 2.75) is 45.8 Å². The van der Waals surface area contributed by atoms with Crippen LogP contribution in [0, 0.1) is 17.2 Å². The number of amidine groups is 1. The highest BCUT2D eigenvalue weighted by molar-refractivity contribution is 6.10. The Balaban J connectivity index is 0.00000210. The number of nitrogens with zero attached hydrogens (tertiary/aromatic N) is 3. The zero-order chi connectivity index (χ0) is 25.8. The molecule has 186 valence electrons. The van der Waals surface area contributed by atoms with E-state index in [0.717, 1.165) is 24.9 Å². The van der Waals surface area contributed by atoms with Gasteiger partial charge in [0.05, 0.1) is 36.3 Å². The molecule has 1 fully saturated rings. The summed E-state index contributed by atoms with van der Waals surface area (Å²) in [6, 6.07) is 12.4. The summed E-state index contributed by atoms with van der Waals surface area (Å²) in [6.07, 6.45) is 2.44. The van der Waals surface area contributed by atoms with E-state index in [-0.39, 0.29) is 30.8 Å². The molecule has 0 bridgehead atoms. The molecule has 2 heterocycles. The van der Waals surface area contributed by atoms with E-state index in [4.69, 9.17) is 25.2 Å². The van der Waals surface area contributed by atoms with Crippen LogP contribution in [0.1, 0.15) is 61.5 Å². The van der Waals surface area contributed by atoms with Gasteiger partial charge in [0.2, 0.25) is 0 Å². The molecule has 0 radical (unpaired) electrons. The number of aromatic amines is 1. The lowest BCUT2D eigenvalue weighted by atomic mass is 9.98. The van der Waals surface area contributed by atoms with Gasteiger partial charge in [-0.05, 0) is 57.9 Å². The fourth-order valence-corrected chi connectivity index (χ4v) is 3.25. The summed E-state index contributed by atoms with van der Waals surface area (Å²) in [4.78, 5) is 35.6. The summed E-state index contributed by atoms with van der Waals surface area (Å²) in [7, 11) is 0. The number of H-pyrrole nitrogens is 1. The van der Waals surface area contributed by atoms with E-state index < -0.39 is 11.3 Å². The van der Waals surface area contributed by atoms with Crippen molar-refractivity contribution in [3.8, 4) is 6.57 Å². The number of nitriles is 1. The van der Waals surface area contributed by atoms with Gasteiger partial charge in [-0.3, -0.25) is 9.59 Å². The fourth-order valence-electron chi connectivity index (χ4n) is 3.25. The van der Waals surface area contributed by atoms with Crippen LogP contribution < -0.4 is 5.73 Å². The normalized spacial score (nSPS) is 18.1. The van der Waals surface area contributed by atoms with Crippen LogP contribution in [-0.4, -0.2) is 48.5 Å². The van der Waals surface area contributed by atoms with Crippen LogP contribution in [0.2, 0.25) is 0 Å². The van der Waals surface area contributed by atoms with Crippen molar-refractivity contribution in [2.75, 3.05) is 13.4 Å². The van der Waals surface area contributed by atoms with Crippen molar-refractivity contribution in [3.05, 3.63) is 59.4 Å². The third kappa shape index (κ3) is 8.17. The van der Waals surface area contributed by atoms with Gasteiger partial charge in [-0.2, -0.15) is 4.99 Å². The number of esters is 1. The average Bonchev–Trinajstić information content (AvgIpc) is 3.52. The SMILES string of the molecule is C#N.CC(C)(C)C(=O)OCOCC1CCC(c2ccc(C(N=CN)=NC(=O)c3ccccc3)[nH]2)O1. The summed E-state index contributed by atoms with van der Waals surface area (Å²) < 4.78 is 16.6. The van der Waals surface area contributed by atoms with Crippen molar-refractivity contribution in [1.29, 1.82) is 5.26 Å². The fraction of sp³-hybridized carbons (Fsp3) is 0.400. The molecule has 0 saturated carbocycles. The Morgan fingerprint density at radius 3 is 2.57 bits per heavy atom. The molecule has 0 aliphatic carbocycles. The lowest BCUT2D eigenvalue weighted by molar-refractivity contribution is -0.168. The number of rotatable bonds is 7. The van der Waals surface area contributed by atoms with Crippen LogP contribution in [0.3, 0.4) is 0 Å². The molecule has 1 aromatic carbocycles. The van der Waals surface area contributed by atoms with Crippen LogP contribution in [0.4, 0.5) is 0 Å². The second-order valence-electron chi connectivity index (χ2n) is 8.71. The van der Waals surface area contributed by atoms with Gasteiger partial charge in [0.15, 0.2) is 12.6 Å². The third-order valence-electron chi connectivity index (χ3n) is 5.02. The maximum Gasteiger partial charge on any atom is 0.313 e. The first-order valence-corrected chi connectivity index (χ1v) is 11.1. The van der Waals surface area contributed by atoms with Crippen molar-refractivity contribution in [1.82, 2.24) is 4.98 Å². The monoisotopic (exact) mass is 481 g/mol. The lowest BCUT2D eigenvalue weighted by Gasteiger charge is -2.17. The van der Waals surface area contributed by atoms with Gasteiger partial charge in [-0.25, -0.2) is 10.3 Å². The number of hydrogen-bond donors (Lipinski definition) is 2. The van der Waals surface area contributed by atoms with Gasteiger partial charge in [0.1, 0.15) is 0 Å². The Hall–Kier alpha value is -3.81. The van der Waals surface area contributed by atoms with Crippen LogP contribution in [0.5, 0.6) is 0 Å². The largest absolute Gasteiger partial charge is 0.438 e. The Morgan fingerprint density at radius 2 is 1.91 bits per heavy atom. The van der Waals surface area contributed by atoms with Crippen molar-refractivity contribution < 1.29 is 23.8 Å². The quantitative estimate of drug-likeness (QED) is 0.202. The van der Waals surface area contributed by atoms with Gasteiger partial charge >= 0.3 is 5.97 Å². The van der Waals surface area contributed by atoms with E-state index in [1.54, 1.807) is 51.1 Å². The maximum absolute atomic E-state index is 12.4. The highest BCUT2D eigenvalue weighted by Gasteiger charge is 2.28. The summed E-state index contributed by atoms with van der Waals surface area (Å²) in [5.41, 5.74) is 6.77. The van der Waals surface area contributed by atoms with Gasteiger partial charge in [-0.15, -0.1) is 0 Å². The van der Waals surface area contributed by atoms with Gasteiger partial charge in [0, 0.05) is 17.8 Å². The topological polar surface area (TPSA) is 152 Å². The Kier molecular flexibility index (Phi) is 10.3. The molecule has 1 aliphatic heterocycles. The van der Waals surface area contributed by atoms with Gasteiger partial charge in [-0.1, -0.05) is 18.2 Å². The maximum atomic E-state index is 12.4. The van der Waals surface area contributed by atoms with E-state index in [0.29, 0.717) is 17.9 Å². The highest BCUT2D eigenvalue weighted by atomic mass is 16.7. The number of benzene rings is 1. The number of hydrogen-bond acceptors (Lipinski definition) is 6. The smallest absolute Gasteiger partial charge is 0.313 e. The Bertz CT molecular complexity index is 1050. The van der Waals surface area contributed by atoms with Crippen molar-refractivity contribution in [3.63, 3.8) is 0 Å². The zero-order valence-corrected chi connectivity index (χ0v) is 20.1. The highest BCUT2D eigenvalue weighted by Crippen LogP contribution is 2.32. The van der Waals surface area contributed by atoms with Gasteiger partial charge < -0.3 is 24.9 Å². The molecular weight excluding hydrogens is 450 g/mol. The molecule has 2 unspecified atom stereocenters. The molecule has 0 spiro atoms. The minimum absolute atomic E-state index is 0.0976. The van der Waals surface area contributed by atoms with E-state index >= 15 is 0 Å². The van der Waals surface area contributed by atoms with E-state index in [1.807, 2.05) is 12.1 Å². The molecule has 1 aromatic heterocycles. The standard InChI is InChI=1S/C24H30N4O5.CHN/c1-24(2,3)23(30)32-15-31-13-17-9-12-20(33-17)18-10-11-19(27-18)21(26-14-25)28-22(29)16-7-5-4-6-8-16;1-2/h4-8,10-11,14,17,20,27H,9,12-13,15H2,1-3H3,(H2,25,26,28,29);1H. The second-order valence-corrected chi connectivity index (χ2v) is 8.71. The number of ether oxygens (including phenoxy) is 3. The molecule has 3 rings (SSSR count). The first-order chi connectivity index (χ1) is 16.8. The van der Waals surface area contributed by atoms with Gasteiger partial charge in [0.25, 0.3) is 5.91 Å². The summed E-state index contributed by atoms with van der Waals surface area (Å²) in [5.74, 6) is -0.528. The second kappa shape index (κ2) is 13.2. The van der Waals surface area contributed by atoms with Crippen molar-refractivity contribution in [2.24, 2.45) is 21.1 Å². The number of carbonyl (C=O) groups is 2. The molecule has 1 aliphatic rings. The van der Waals surface area contributed by atoms with E-state index in [1.165, 1.54) is 0 Å². The number of aliphatic imine (C=N–C) groups is 2. The summed E-state index contributed by atoms with van der Waals surface area (Å²) in [5, 5.41) is 6.50. The molecule has 10 heteroatoms. The Morgan fingerprint density at radius 1 is 1.20 bits per heavy atom. The number of nitrogens with two attached hydrogens (primary N) is 1. The number of carbonyl (C=O) groups excluding carboxylic acids is 2. The van der Waals surface area contributed by atoms with Crippen molar-refractivity contribution >= 4 is 24.1 Å². The molecule has 1 saturated heterocycles. The lowest BCUT2D eigenvalue weighted by Crippen LogP contribution is -2.25. The first-order valence-electron chi connectivity index (χ1n) is 11.1. The van der Waals surface area contributed by atoms with Crippen LogP contribution >= 0.6 is 0 Å². The number of amides is 1. The van der Waals surface area contributed by atoms with Crippen LogP contribution in [0.15, 0.2) is 52.4 Å². The number of nitrogens with one attached hydrogen (secondary N) is 1. The minimum atomic E-state index is -0.564. The minimum Gasteiger partial charge on any atom is -0.438 e. The number of aromatic nitrogens is 1. The van der Waals surface area contributed by atoms with E-state index in [9.17, 15) is 9.59 Å². The van der Waals surface area contributed by atoms with Crippen LogP contribution in [-0.2, 0) is 19.0 Å². The molecule has 2 atom stereocenters.